The number of nitrogens with zero attached hydrogens (tertiary/aromatic N) is 2. The van der Waals surface area contributed by atoms with Crippen LogP contribution in [0.1, 0.15) is 42.5 Å². The van der Waals surface area contributed by atoms with Gasteiger partial charge in [0.1, 0.15) is 16.9 Å². The number of nitriles is 1. The molecule has 1 aliphatic rings. The van der Waals surface area contributed by atoms with Crippen molar-refractivity contribution in [2.45, 2.75) is 37.6 Å². The standard InChI is InChI=1S/C17H20N2O4/c1-19(17(12-18)9-5-2-6-10-17)15(21)11-23-16(22)13-7-3-4-8-14(13)20/h3-4,7-8,20H,2,5-6,9-11H2,1H3. The number of benzene rings is 1. The first-order valence-corrected chi connectivity index (χ1v) is 7.63. The molecule has 1 N–H and O–H groups in total. The lowest BCUT2D eigenvalue weighted by atomic mass is 9.81. The predicted octanol–water partition coefficient (Wildman–Crippen LogP) is 2.23. The normalized spacial score (nSPS) is 16.2. The Bertz CT molecular complexity index is 630. The summed E-state index contributed by atoms with van der Waals surface area (Å²) in [5.74, 6) is -1.38. The number of para-hydroxylation sites is 1. The molecule has 0 aromatic heterocycles. The molecule has 0 saturated heterocycles. The third kappa shape index (κ3) is 3.62. The number of phenolic OH excluding ortho intramolecular Hbond substituents is 1. The van der Waals surface area contributed by atoms with Gasteiger partial charge in [0.2, 0.25) is 0 Å². The second kappa shape index (κ2) is 7.14. The summed E-state index contributed by atoms with van der Waals surface area (Å²) in [5, 5.41) is 19.1. The summed E-state index contributed by atoms with van der Waals surface area (Å²) in [7, 11) is 1.57. The number of likely N-dealkylation sites (N-methyl/N-ethyl adjacent to an activating group) is 1. The van der Waals surface area contributed by atoms with Gasteiger partial charge in [-0.1, -0.05) is 31.4 Å². The van der Waals surface area contributed by atoms with Crippen LogP contribution in [0.25, 0.3) is 0 Å². The fourth-order valence-electron chi connectivity index (χ4n) is 2.85. The molecule has 6 nitrogen and oxygen atoms in total. The van der Waals surface area contributed by atoms with Gasteiger partial charge in [-0.15, -0.1) is 0 Å². The molecule has 0 atom stereocenters. The van der Waals surface area contributed by atoms with Crippen LogP contribution < -0.4 is 0 Å². The molecule has 0 aliphatic heterocycles. The highest BCUT2D eigenvalue weighted by Crippen LogP contribution is 2.32. The van der Waals surface area contributed by atoms with E-state index in [0.717, 1.165) is 19.3 Å². The van der Waals surface area contributed by atoms with E-state index in [2.05, 4.69) is 6.07 Å². The molecule has 0 spiro atoms. The molecule has 0 heterocycles. The van der Waals surface area contributed by atoms with Crippen LogP contribution in [0.5, 0.6) is 5.75 Å². The fraction of sp³-hybridized carbons (Fsp3) is 0.471. The van der Waals surface area contributed by atoms with Gasteiger partial charge in [0.15, 0.2) is 6.61 Å². The summed E-state index contributed by atoms with van der Waals surface area (Å²) < 4.78 is 4.97. The third-order valence-corrected chi connectivity index (χ3v) is 4.36. The molecule has 6 heteroatoms. The van der Waals surface area contributed by atoms with E-state index in [1.54, 1.807) is 19.2 Å². The second-order valence-electron chi connectivity index (χ2n) is 5.75. The van der Waals surface area contributed by atoms with Gasteiger partial charge in [0, 0.05) is 7.05 Å². The van der Waals surface area contributed by atoms with Crippen molar-refractivity contribution in [2.24, 2.45) is 0 Å². The first-order chi connectivity index (χ1) is 11.0. The summed E-state index contributed by atoms with van der Waals surface area (Å²) >= 11 is 0. The van der Waals surface area contributed by atoms with E-state index in [0.29, 0.717) is 12.8 Å². The van der Waals surface area contributed by atoms with E-state index in [1.165, 1.54) is 17.0 Å². The van der Waals surface area contributed by atoms with Crippen LogP contribution in [0.15, 0.2) is 24.3 Å². The van der Waals surface area contributed by atoms with Crippen molar-refractivity contribution in [2.75, 3.05) is 13.7 Å². The van der Waals surface area contributed by atoms with E-state index in [4.69, 9.17) is 4.74 Å². The Morgan fingerprint density at radius 2 is 1.96 bits per heavy atom. The van der Waals surface area contributed by atoms with Gasteiger partial charge < -0.3 is 14.7 Å². The summed E-state index contributed by atoms with van der Waals surface area (Å²) in [6.45, 7) is -0.451. The highest BCUT2D eigenvalue weighted by Gasteiger charge is 2.39. The number of rotatable bonds is 4. The van der Waals surface area contributed by atoms with Crippen molar-refractivity contribution in [3.05, 3.63) is 29.8 Å². The number of hydrogen-bond acceptors (Lipinski definition) is 5. The quantitative estimate of drug-likeness (QED) is 0.860. The van der Waals surface area contributed by atoms with E-state index in [9.17, 15) is 20.0 Å². The van der Waals surface area contributed by atoms with Crippen molar-refractivity contribution in [1.82, 2.24) is 4.90 Å². The molecule has 1 amide bonds. The van der Waals surface area contributed by atoms with Gasteiger partial charge in [-0.3, -0.25) is 4.79 Å². The molecular formula is C17H20N2O4. The molecule has 0 unspecified atom stereocenters. The zero-order valence-electron chi connectivity index (χ0n) is 13.1. The first-order valence-electron chi connectivity index (χ1n) is 7.63. The van der Waals surface area contributed by atoms with Crippen molar-refractivity contribution < 1.29 is 19.4 Å². The van der Waals surface area contributed by atoms with Crippen molar-refractivity contribution in [1.29, 1.82) is 5.26 Å². The average Bonchev–Trinajstić information content (AvgIpc) is 2.59. The van der Waals surface area contributed by atoms with Crippen LogP contribution >= 0.6 is 0 Å². The fourth-order valence-corrected chi connectivity index (χ4v) is 2.85. The number of phenols is 1. The maximum Gasteiger partial charge on any atom is 0.342 e. The minimum atomic E-state index is -0.809. The number of carbonyl (C=O) groups is 2. The third-order valence-electron chi connectivity index (χ3n) is 4.36. The zero-order chi connectivity index (χ0) is 16.9. The van der Waals surface area contributed by atoms with Crippen LogP contribution in [-0.2, 0) is 9.53 Å². The SMILES string of the molecule is CN(C(=O)COC(=O)c1ccccc1O)C1(C#N)CCCCC1. The van der Waals surface area contributed by atoms with E-state index in [1.807, 2.05) is 0 Å². The maximum atomic E-state index is 12.3. The Morgan fingerprint density at radius 3 is 2.57 bits per heavy atom. The first kappa shape index (κ1) is 16.8. The molecule has 1 fully saturated rings. The molecule has 1 aromatic rings. The molecule has 23 heavy (non-hydrogen) atoms. The lowest BCUT2D eigenvalue weighted by molar-refractivity contribution is -0.138. The molecule has 0 bridgehead atoms. The Kier molecular flexibility index (Phi) is 5.22. The minimum Gasteiger partial charge on any atom is -0.507 e. The second-order valence-corrected chi connectivity index (χ2v) is 5.75. The summed E-state index contributed by atoms with van der Waals surface area (Å²) in [6.07, 6.45) is 4.15. The van der Waals surface area contributed by atoms with Crippen LogP contribution in [0.2, 0.25) is 0 Å². The van der Waals surface area contributed by atoms with Gasteiger partial charge in [-0.25, -0.2) is 4.79 Å². The maximum absolute atomic E-state index is 12.3. The number of carbonyl (C=O) groups excluding carboxylic acids is 2. The Hall–Kier alpha value is -2.55. The number of esters is 1. The van der Waals surface area contributed by atoms with E-state index >= 15 is 0 Å². The highest BCUT2D eigenvalue weighted by atomic mass is 16.5. The van der Waals surface area contributed by atoms with Crippen molar-refractivity contribution in [3.63, 3.8) is 0 Å². The Morgan fingerprint density at radius 1 is 1.30 bits per heavy atom. The van der Waals surface area contributed by atoms with Crippen molar-refractivity contribution >= 4 is 11.9 Å². The molecule has 0 radical (unpaired) electrons. The number of amides is 1. The summed E-state index contributed by atoms with van der Waals surface area (Å²) in [6, 6.07) is 8.23. The predicted molar refractivity (Wildman–Crippen MR) is 82.6 cm³/mol. The van der Waals surface area contributed by atoms with Gasteiger partial charge in [0.25, 0.3) is 5.91 Å². The van der Waals surface area contributed by atoms with E-state index in [-0.39, 0.29) is 11.3 Å². The number of ether oxygens (including phenoxy) is 1. The molecule has 122 valence electrons. The topological polar surface area (TPSA) is 90.6 Å². The van der Waals surface area contributed by atoms with E-state index < -0.39 is 24.0 Å². The molecule has 2 rings (SSSR count). The lowest BCUT2D eigenvalue weighted by Gasteiger charge is -2.38. The van der Waals surface area contributed by atoms with Gasteiger partial charge >= 0.3 is 5.97 Å². The Balaban J connectivity index is 1.98. The monoisotopic (exact) mass is 316 g/mol. The highest BCUT2D eigenvalue weighted by molar-refractivity contribution is 5.93. The van der Waals surface area contributed by atoms with Crippen molar-refractivity contribution in [3.8, 4) is 11.8 Å². The van der Waals surface area contributed by atoms with Crippen LogP contribution in [0, 0.1) is 11.3 Å². The minimum absolute atomic E-state index is 0.00983. The van der Waals surface area contributed by atoms with Crippen LogP contribution in [0.4, 0.5) is 0 Å². The molecular weight excluding hydrogens is 296 g/mol. The summed E-state index contributed by atoms with van der Waals surface area (Å²) in [5.41, 5.74) is -0.799. The smallest absolute Gasteiger partial charge is 0.342 e. The van der Waals surface area contributed by atoms with Crippen LogP contribution in [0.3, 0.4) is 0 Å². The van der Waals surface area contributed by atoms with Crippen LogP contribution in [-0.4, -0.2) is 41.1 Å². The van der Waals surface area contributed by atoms with Gasteiger partial charge in [-0.05, 0) is 25.0 Å². The number of hydrogen-bond donors (Lipinski definition) is 1. The Labute approximate surface area is 135 Å². The van der Waals surface area contributed by atoms with Gasteiger partial charge in [-0.2, -0.15) is 5.26 Å². The largest absolute Gasteiger partial charge is 0.507 e. The van der Waals surface area contributed by atoms with Gasteiger partial charge in [0.05, 0.1) is 6.07 Å². The zero-order valence-corrected chi connectivity index (χ0v) is 13.1. The lowest BCUT2D eigenvalue weighted by Crippen LogP contribution is -2.51. The molecule has 1 aliphatic carbocycles. The summed E-state index contributed by atoms with van der Waals surface area (Å²) in [4.78, 5) is 25.6. The number of aromatic hydroxyl groups is 1. The molecule has 1 aromatic carbocycles. The molecule has 1 saturated carbocycles. The average molecular weight is 316 g/mol.